The van der Waals surface area contributed by atoms with Gasteiger partial charge < -0.3 is 5.11 Å². The lowest BCUT2D eigenvalue weighted by molar-refractivity contribution is -0.142. The Labute approximate surface area is 88.6 Å². The van der Waals surface area contributed by atoms with E-state index in [1.807, 2.05) is 4.90 Å². The largest absolute Gasteiger partial charge is 0.392 e. The molecule has 0 aromatic rings. The van der Waals surface area contributed by atoms with Crippen molar-refractivity contribution in [3.63, 3.8) is 0 Å². The van der Waals surface area contributed by atoms with Gasteiger partial charge in [0.05, 0.1) is 12.6 Å². The maximum atomic E-state index is 11.7. The van der Waals surface area contributed by atoms with Crippen LogP contribution in [0.3, 0.4) is 0 Å². The van der Waals surface area contributed by atoms with Crippen LogP contribution in [0, 0.1) is 0 Å². The predicted molar refractivity (Wildman–Crippen MR) is 53.0 cm³/mol. The van der Waals surface area contributed by atoms with Crippen LogP contribution in [0.5, 0.6) is 0 Å². The van der Waals surface area contributed by atoms with Crippen LogP contribution in [0.4, 0.5) is 0 Å². The summed E-state index contributed by atoms with van der Waals surface area (Å²) in [4.78, 5) is 26.2. The number of aliphatic hydroxyl groups excluding tert-OH is 1. The predicted octanol–water partition coefficient (Wildman–Crippen LogP) is -0.798. The number of imide groups is 1. The Morgan fingerprint density at radius 1 is 1.47 bits per heavy atom. The number of carbonyl (C=O) groups is 2. The first-order valence-corrected chi connectivity index (χ1v) is 5.40. The molecule has 0 radical (unpaired) electrons. The number of rotatable bonds is 2. The summed E-state index contributed by atoms with van der Waals surface area (Å²) in [6.07, 6.45) is 1.69. The van der Waals surface area contributed by atoms with Gasteiger partial charge >= 0.3 is 0 Å². The van der Waals surface area contributed by atoms with Crippen LogP contribution in [0.2, 0.25) is 0 Å². The van der Waals surface area contributed by atoms with E-state index in [4.69, 9.17) is 0 Å². The lowest BCUT2D eigenvalue weighted by atomic mass is 10.3. The van der Waals surface area contributed by atoms with Gasteiger partial charge in [-0.3, -0.25) is 19.4 Å². The molecule has 2 amide bonds. The van der Waals surface area contributed by atoms with Crippen molar-refractivity contribution in [2.24, 2.45) is 0 Å². The molecule has 0 saturated carbocycles. The van der Waals surface area contributed by atoms with Crippen molar-refractivity contribution >= 4 is 11.8 Å². The molecule has 5 nitrogen and oxygen atoms in total. The maximum Gasteiger partial charge on any atom is 0.243 e. The van der Waals surface area contributed by atoms with Crippen LogP contribution in [0.15, 0.2) is 0 Å². The fourth-order valence-electron chi connectivity index (χ4n) is 2.14. The van der Waals surface area contributed by atoms with E-state index in [-0.39, 0.29) is 24.5 Å². The second kappa shape index (κ2) is 4.28. The first kappa shape index (κ1) is 10.6. The molecule has 84 valence electrons. The molecule has 0 aliphatic carbocycles. The second-order valence-electron chi connectivity index (χ2n) is 4.22. The summed E-state index contributed by atoms with van der Waals surface area (Å²) < 4.78 is 0. The van der Waals surface area contributed by atoms with Gasteiger partial charge in [-0.25, -0.2) is 0 Å². The highest BCUT2D eigenvalue weighted by atomic mass is 16.3. The zero-order chi connectivity index (χ0) is 10.8. The first-order chi connectivity index (χ1) is 7.16. The fraction of sp³-hybridized carbons (Fsp3) is 0.800. The molecule has 15 heavy (non-hydrogen) atoms. The molecule has 2 rings (SSSR count). The van der Waals surface area contributed by atoms with Gasteiger partial charge in [0.25, 0.3) is 0 Å². The van der Waals surface area contributed by atoms with E-state index in [0.717, 1.165) is 19.4 Å². The van der Waals surface area contributed by atoms with Crippen molar-refractivity contribution in [3.8, 4) is 0 Å². The molecule has 2 aliphatic rings. The molecular weight excluding hydrogens is 196 g/mol. The molecule has 5 heteroatoms. The van der Waals surface area contributed by atoms with Gasteiger partial charge in [-0.05, 0) is 12.8 Å². The van der Waals surface area contributed by atoms with Crippen molar-refractivity contribution in [1.82, 2.24) is 9.80 Å². The number of aliphatic hydroxyl groups is 1. The topological polar surface area (TPSA) is 60.9 Å². The van der Waals surface area contributed by atoms with E-state index in [9.17, 15) is 14.7 Å². The molecule has 0 aromatic carbocycles. The smallest absolute Gasteiger partial charge is 0.243 e. The Morgan fingerprint density at radius 3 is 2.80 bits per heavy atom. The summed E-state index contributed by atoms with van der Waals surface area (Å²) in [5, 5.41) is 9.30. The Bertz CT molecular complexity index is 280. The number of β-amino-alcohol motifs (C(OH)–C–C–N with tert-alkyl or cyclic N) is 1. The monoisotopic (exact) mass is 212 g/mol. The third-order valence-electron chi connectivity index (χ3n) is 2.98. The molecular formula is C10H16N2O3. The van der Waals surface area contributed by atoms with Crippen LogP contribution in [0.25, 0.3) is 0 Å². The van der Waals surface area contributed by atoms with E-state index in [1.165, 1.54) is 4.90 Å². The molecule has 2 fully saturated rings. The number of hydrogen-bond donors (Lipinski definition) is 1. The number of hydrogen-bond acceptors (Lipinski definition) is 4. The summed E-state index contributed by atoms with van der Waals surface area (Å²) in [7, 11) is 0. The maximum absolute atomic E-state index is 11.7. The molecule has 1 N–H and O–H groups in total. The molecule has 2 saturated heterocycles. The third-order valence-corrected chi connectivity index (χ3v) is 2.98. The van der Waals surface area contributed by atoms with Gasteiger partial charge in [0, 0.05) is 26.1 Å². The average Bonchev–Trinajstić information content (AvgIpc) is 2.75. The molecule has 2 heterocycles. The van der Waals surface area contributed by atoms with Gasteiger partial charge in [0.2, 0.25) is 11.8 Å². The number of nitrogens with zero attached hydrogens (tertiary/aromatic N) is 2. The summed E-state index contributed by atoms with van der Waals surface area (Å²) in [5.74, 6) is -0.175. The van der Waals surface area contributed by atoms with Crippen LogP contribution >= 0.6 is 0 Å². The minimum atomic E-state index is -0.313. The van der Waals surface area contributed by atoms with Crippen LogP contribution in [0.1, 0.15) is 19.3 Å². The number of likely N-dealkylation sites (tertiary alicyclic amines) is 2. The molecule has 1 atom stereocenters. The molecule has 0 bridgehead atoms. The van der Waals surface area contributed by atoms with E-state index in [0.29, 0.717) is 19.5 Å². The van der Waals surface area contributed by atoms with Crippen molar-refractivity contribution in [1.29, 1.82) is 0 Å². The SMILES string of the molecule is O=C1CCCN1C(=O)CN1CC[C@H](O)C1. The number of carbonyl (C=O) groups excluding carboxylic acids is 2. The van der Waals surface area contributed by atoms with E-state index in [2.05, 4.69) is 0 Å². The van der Waals surface area contributed by atoms with Crippen LogP contribution in [-0.4, -0.2) is 59.0 Å². The van der Waals surface area contributed by atoms with Gasteiger partial charge in [-0.15, -0.1) is 0 Å². The van der Waals surface area contributed by atoms with E-state index < -0.39 is 0 Å². The zero-order valence-corrected chi connectivity index (χ0v) is 8.69. The minimum absolute atomic E-state index is 0.0558. The quantitative estimate of drug-likeness (QED) is 0.651. The van der Waals surface area contributed by atoms with Gasteiger partial charge in [-0.1, -0.05) is 0 Å². The molecule has 0 spiro atoms. The normalized spacial score (nSPS) is 27.7. The Hall–Kier alpha value is -0.940. The van der Waals surface area contributed by atoms with Gasteiger partial charge in [0.1, 0.15) is 0 Å². The van der Waals surface area contributed by atoms with Crippen molar-refractivity contribution in [3.05, 3.63) is 0 Å². The summed E-state index contributed by atoms with van der Waals surface area (Å²) >= 11 is 0. The van der Waals surface area contributed by atoms with Crippen molar-refractivity contribution < 1.29 is 14.7 Å². The summed E-state index contributed by atoms with van der Waals surface area (Å²) in [5.41, 5.74) is 0. The third kappa shape index (κ3) is 2.35. The van der Waals surface area contributed by atoms with Gasteiger partial charge in [-0.2, -0.15) is 0 Å². The van der Waals surface area contributed by atoms with Gasteiger partial charge in [0.15, 0.2) is 0 Å². The number of amides is 2. The Morgan fingerprint density at radius 2 is 2.27 bits per heavy atom. The Kier molecular flexibility index (Phi) is 3.02. The fourth-order valence-corrected chi connectivity index (χ4v) is 2.14. The lowest BCUT2D eigenvalue weighted by Crippen LogP contribution is -2.40. The molecule has 0 aromatic heterocycles. The van der Waals surface area contributed by atoms with E-state index in [1.54, 1.807) is 0 Å². The standard InChI is InChI=1S/C10H16N2O3/c13-8-3-5-11(6-8)7-10(15)12-4-1-2-9(12)14/h8,13H,1-7H2/t8-/m0/s1. The lowest BCUT2D eigenvalue weighted by Gasteiger charge is -2.18. The summed E-state index contributed by atoms with van der Waals surface area (Å²) in [6.45, 7) is 2.12. The highest BCUT2D eigenvalue weighted by Crippen LogP contribution is 2.12. The van der Waals surface area contributed by atoms with Crippen molar-refractivity contribution in [2.45, 2.75) is 25.4 Å². The van der Waals surface area contributed by atoms with E-state index >= 15 is 0 Å². The minimum Gasteiger partial charge on any atom is -0.392 e. The zero-order valence-electron chi connectivity index (χ0n) is 8.69. The van der Waals surface area contributed by atoms with Crippen LogP contribution in [-0.2, 0) is 9.59 Å². The average molecular weight is 212 g/mol. The highest BCUT2D eigenvalue weighted by Gasteiger charge is 2.29. The van der Waals surface area contributed by atoms with Crippen LogP contribution < -0.4 is 0 Å². The van der Waals surface area contributed by atoms with Crippen molar-refractivity contribution in [2.75, 3.05) is 26.2 Å². The second-order valence-corrected chi connectivity index (χ2v) is 4.22. The highest BCUT2D eigenvalue weighted by molar-refractivity contribution is 5.97. The Balaban J connectivity index is 1.84. The molecule has 2 aliphatic heterocycles. The summed E-state index contributed by atoms with van der Waals surface area (Å²) in [6, 6.07) is 0. The molecule has 0 unspecified atom stereocenters. The first-order valence-electron chi connectivity index (χ1n) is 5.40.